The van der Waals surface area contributed by atoms with E-state index < -0.39 is 14.6 Å². The number of nitrogens with zero attached hydrogens (tertiary/aromatic N) is 2. The second-order valence-corrected chi connectivity index (χ2v) is 10.7. The Kier molecular flexibility index (Phi) is 7.08. The highest BCUT2D eigenvalue weighted by Gasteiger charge is 2.28. The van der Waals surface area contributed by atoms with Crippen molar-refractivity contribution in [2.24, 2.45) is 4.99 Å². The average molecular weight is 399 g/mol. The Morgan fingerprint density at radius 3 is 2.74 bits per heavy atom. The summed E-state index contributed by atoms with van der Waals surface area (Å²) in [5, 5.41) is 6.44. The van der Waals surface area contributed by atoms with E-state index in [4.69, 9.17) is 0 Å². The SMILES string of the molecule is CN=C(NCCS(=O)(=O)C(C)(C)C)NC1CCCN(c2cccc(F)c2)C1. The zero-order valence-electron chi connectivity index (χ0n) is 16.6. The van der Waals surface area contributed by atoms with Gasteiger partial charge in [-0.25, -0.2) is 12.8 Å². The van der Waals surface area contributed by atoms with Gasteiger partial charge in [-0.3, -0.25) is 4.99 Å². The molecule has 1 unspecified atom stereocenters. The van der Waals surface area contributed by atoms with Crippen molar-refractivity contribution >= 4 is 21.5 Å². The molecule has 0 aromatic heterocycles. The Bertz CT molecular complexity index is 759. The van der Waals surface area contributed by atoms with Crippen LogP contribution in [0.5, 0.6) is 0 Å². The molecule has 6 nitrogen and oxygen atoms in total. The molecule has 2 N–H and O–H groups in total. The van der Waals surface area contributed by atoms with Crippen molar-refractivity contribution in [1.29, 1.82) is 0 Å². The van der Waals surface area contributed by atoms with Gasteiger partial charge in [-0.2, -0.15) is 0 Å². The monoisotopic (exact) mass is 398 g/mol. The van der Waals surface area contributed by atoms with Crippen molar-refractivity contribution in [2.45, 2.75) is 44.4 Å². The standard InChI is InChI=1S/C19H31FN4O2S/c1-19(2,3)27(25,26)12-10-22-18(21-4)23-16-8-6-11-24(14-16)17-9-5-7-15(20)13-17/h5,7,9,13,16H,6,8,10-12,14H2,1-4H3,(H2,21,22,23). The fourth-order valence-electron chi connectivity index (χ4n) is 3.00. The van der Waals surface area contributed by atoms with Crippen molar-refractivity contribution in [2.75, 3.05) is 37.3 Å². The number of piperidine rings is 1. The van der Waals surface area contributed by atoms with Crippen LogP contribution in [0.4, 0.5) is 10.1 Å². The van der Waals surface area contributed by atoms with Gasteiger partial charge in [0.25, 0.3) is 0 Å². The van der Waals surface area contributed by atoms with Gasteiger partial charge < -0.3 is 15.5 Å². The molecule has 27 heavy (non-hydrogen) atoms. The Labute approximate surface area is 162 Å². The third-order valence-electron chi connectivity index (χ3n) is 4.76. The van der Waals surface area contributed by atoms with Gasteiger partial charge in [0, 0.05) is 38.4 Å². The van der Waals surface area contributed by atoms with E-state index in [2.05, 4.69) is 20.5 Å². The Morgan fingerprint density at radius 1 is 1.37 bits per heavy atom. The van der Waals surface area contributed by atoms with Gasteiger partial charge in [-0.1, -0.05) is 6.07 Å². The number of nitrogens with one attached hydrogen (secondary N) is 2. The molecule has 0 radical (unpaired) electrons. The van der Waals surface area contributed by atoms with Crippen molar-refractivity contribution in [3.05, 3.63) is 30.1 Å². The van der Waals surface area contributed by atoms with Crippen molar-refractivity contribution in [3.63, 3.8) is 0 Å². The van der Waals surface area contributed by atoms with Crippen molar-refractivity contribution < 1.29 is 12.8 Å². The third-order valence-corrected chi connectivity index (χ3v) is 7.36. The predicted molar refractivity (Wildman–Crippen MR) is 110 cm³/mol. The molecule has 0 amide bonds. The van der Waals surface area contributed by atoms with Crippen LogP contribution in [0.2, 0.25) is 0 Å². The van der Waals surface area contributed by atoms with Crippen LogP contribution < -0.4 is 15.5 Å². The molecular formula is C19H31FN4O2S. The number of hydrogen-bond donors (Lipinski definition) is 2. The topological polar surface area (TPSA) is 73.8 Å². The van der Waals surface area contributed by atoms with Crippen LogP contribution >= 0.6 is 0 Å². The van der Waals surface area contributed by atoms with Crippen molar-refractivity contribution in [3.8, 4) is 0 Å². The van der Waals surface area contributed by atoms with E-state index in [0.29, 0.717) is 12.5 Å². The summed E-state index contributed by atoms with van der Waals surface area (Å²) in [6, 6.07) is 6.79. The van der Waals surface area contributed by atoms with Gasteiger partial charge >= 0.3 is 0 Å². The summed E-state index contributed by atoms with van der Waals surface area (Å²) < 4.78 is 37.1. The maximum absolute atomic E-state index is 13.5. The number of guanidine groups is 1. The van der Waals surface area contributed by atoms with Crippen LogP contribution in [0.25, 0.3) is 0 Å². The molecule has 0 spiro atoms. The molecule has 1 aromatic carbocycles. The molecule has 1 atom stereocenters. The molecule has 1 heterocycles. The molecule has 0 bridgehead atoms. The highest BCUT2D eigenvalue weighted by Crippen LogP contribution is 2.20. The largest absolute Gasteiger partial charge is 0.369 e. The second kappa shape index (κ2) is 8.91. The molecule has 1 saturated heterocycles. The first kappa shape index (κ1) is 21.5. The Balaban J connectivity index is 1.89. The van der Waals surface area contributed by atoms with Crippen molar-refractivity contribution in [1.82, 2.24) is 10.6 Å². The maximum atomic E-state index is 13.5. The van der Waals surface area contributed by atoms with E-state index in [9.17, 15) is 12.8 Å². The van der Waals surface area contributed by atoms with Crippen LogP contribution in [0.3, 0.4) is 0 Å². The summed E-state index contributed by atoms with van der Waals surface area (Å²) in [5.74, 6) is 0.405. The van der Waals surface area contributed by atoms with Crippen LogP contribution in [0, 0.1) is 5.82 Å². The smallest absolute Gasteiger partial charge is 0.191 e. The fraction of sp³-hybridized carbons (Fsp3) is 0.632. The Morgan fingerprint density at radius 2 is 2.11 bits per heavy atom. The molecule has 2 rings (SSSR count). The lowest BCUT2D eigenvalue weighted by Crippen LogP contribution is -2.52. The number of aliphatic imine (C=N–C) groups is 1. The lowest BCUT2D eigenvalue weighted by atomic mass is 10.0. The molecule has 8 heteroatoms. The van der Waals surface area contributed by atoms with E-state index in [-0.39, 0.29) is 17.6 Å². The number of benzene rings is 1. The van der Waals surface area contributed by atoms with Crippen LogP contribution in [-0.2, 0) is 9.84 Å². The zero-order valence-corrected chi connectivity index (χ0v) is 17.4. The molecule has 0 saturated carbocycles. The number of rotatable bonds is 5. The van der Waals surface area contributed by atoms with E-state index in [0.717, 1.165) is 31.6 Å². The molecule has 1 aliphatic heterocycles. The van der Waals surface area contributed by atoms with Crippen LogP contribution in [0.15, 0.2) is 29.3 Å². The van der Waals surface area contributed by atoms with Gasteiger partial charge in [0.2, 0.25) is 0 Å². The van der Waals surface area contributed by atoms with Gasteiger partial charge in [0.1, 0.15) is 5.82 Å². The van der Waals surface area contributed by atoms with Gasteiger partial charge in [0.15, 0.2) is 15.8 Å². The molecule has 1 aliphatic rings. The minimum Gasteiger partial charge on any atom is -0.369 e. The van der Waals surface area contributed by atoms with Gasteiger partial charge in [-0.05, 0) is 51.8 Å². The lowest BCUT2D eigenvalue weighted by Gasteiger charge is -2.35. The third kappa shape index (κ3) is 6.09. The lowest BCUT2D eigenvalue weighted by molar-refractivity contribution is 0.468. The fourth-order valence-corrected chi connectivity index (χ4v) is 3.98. The number of hydrogen-bond acceptors (Lipinski definition) is 4. The van der Waals surface area contributed by atoms with E-state index in [1.54, 1.807) is 40.0 Å². The summed E-state index contributed by atoms with van der Waals surface area (Å²) in [6.45, 7) is 7.05. The minimum atomic E-state index is -3.17. The van der Waals surface area contributed by atoms with E-state index in [1.165, 1.54) is 6.07 Å². The number of sulfone groups is 1. The highest BCUT2D eigenvalue weighted by atomic mass is 32.2. The first-order chi connectivity index (χ1) is 12.6. The van der Waals surface area contributed by atoms with Crippen LogP contribution in [0.1, 0.15) is 33.6 Å². The molecule has 152 valence electrons. The van der Waals surface area contributed by atoms with Gasteiger partial charge in [-0.15, -0.1) is 0 Å². The van der Waals surface area contributed by atoms with E-state index in [1.807, 2.05) is 6.07 Å². The molecule has 1 aromatic rings. The average Bonchev–Trinajstić information content (AvgIpc) is 2.60. The summed E-state index contributed by atoms with van der Waals surface area (Å²) in [5.41, 5.74) is 0.876. The molecule has 1 fully saturated rings. The zero-order chi connectivity index (χ0) is 20.1. The summed E-state index contributed by atoms with van der Waals surface area (Å²) in [4.78, 5) is 6.35. The molecular weight excluding hydrogens is 367 g/mol. The highest BCUT2D eigenvalue weighted by molar-refractivity contribution is 7.92. The number of halogens is 1. The summed E-state index contributed by atoms with van der Waals surface area (Å²) >= 11 is 0. The minimum absolute atomic E-state index is 0.0529. The second-order valence-electron chi connectivity index (χ2n) is 7.84. The first-order valence-corrected chi connectivity index (χ1v) is 11.0. The summed E-state index contributed by atoms with van der Waals surface area (Å²) in [7, 11) is -1.51. The van der Waals surface area contributed by atoms with Crippen LogP contribution in [-0.4, -0.2) is 57.6 Å². The molecule has 0 aliphatic carbocycles. The quantitative estimate of drug-likeness (QED) is 0.587. The maximum Gasteiger partial charge on any atom is 0.191 e. The summed E-state index contributed by atoms with van der Waals surface area (Å²) in [6.07, 6.45) is 1.97. The number of anilines is 1. The normalized spacial score (nSPS) is 19.1. The van der Waals surface area contributed by atoms with Gasteiger partial charge in [0.05, 0.1) is 10.5 Å². The first-order valence-electron chi connectivity index (χ1n) is 9.32. The Hall–Kier alpha value is -1.83. The predicted octanol–water partition coefficient (Wildman–Crippen LogP) is 2.17. The van der Waals surface area contributed by atoms with E-state index >= 15 is 0 Å².